The number of nitrogens with two attached hydrogens (primary N) is 1. The van der Waals surface area contributed by atoms with E-state index < -0.39 is 0 Å². The van der Waals surface area contributed by atoms with Gasteiger partial charge in [-0.2, -0.15) is 0 Å². The van der Waals surface area contributed by atoms with Crippen molar-refractivity contribution in [2.75, 3.05) is 6.54 Å². The van der Waals surface area contributed by atoms with E-state index in [-0.39, 0.29) is 5.41 Å². The SMILES string of the molecule is C#CC1(CN)CCC[C@@H]2Cc3cc(O)ccc3CCC1N2. The van der Waals surface area contributed by atoms with Gasteiger partial charge in [-0.1, -0.05) is 18.4 Å². The van der Waals surface area contributed by atoms with E-state index in [9.17, 15) is 5.11 Å². The van der Waals surface area contributed by atoms with Gasteiger partial charge < -0.3 is 16.2 Å². The van der Waals surface area contributed by atoms with E-state index in [0.717, 1.165) is 38.5 Å². The van der Waals surface area contributed by atoms with Crippen LogP contribution in [0.15, 0.2) is 18.2 Å². The number of rotatable bonds is 1. The highest BCUT2D eigenvalue weighted by Gasteiger charge is 2.39. The summed E-state index contributed by atoms with van der Waals surface area (Å²) in [6, 6.07) is 6.48. The molecule has 2 bridgehead atoms. The van der Waals surface area contributed by atoms with Crippen molar-refractivity contribution in [1.82, 2.24) is 5.32 Å². The van der Waals surface area contributed by atoms with Gasteiger partial charge in [0.2, 0.25) is 0 Å². The lowest BCUT2D eigenvalue weighted by atomic mass is 9.75. The number of phenolic OH excluding ortho intramolecular Hbond substituents is 1. The van der Waals surface area contributed by atoms with E-state index in [1.165, 1.54) is 11.1 Å². The number of terminal acetylenes is 1. The zero-order chi connectivity index (χ0) is 14.9. The van der Waals surface area contributed by atoms with Gasteiger partial charge in [-0.3, -0.25) is 0 Å². The number of hydrogen-bond acceptors (Lipinski definition) is 3. The fraction of sp³-hybridized carbons (Fsp3) is 0.556. The van der Waals surface area contributed by atoms with Crippen LogP contribution in [0, 0.1) is 17.8 Å². The first kappa shape index (κ1) is 14.4. The highest BCUT2D eigenvalue weighted by atomic mass is 16.3. The van der Waals surface area contributed by atoms with Crippen molar-refractivity contribution in [2.45, 2.75) is 50.6 Å². The minimum atomic E-state index is -0.205. The van der Waals surface area contributed by atoms with Crippen LogP contribution in [-0.4, -0.2) is 23.7 Å². The first-order valence-corrected chi connectivity index (χ1v) is 7.91. The summed E-state index contributed by atoms with van der Waals surface area (Å²) < 4.78 is 0. The van der Waals surface area contributed by atoms with Crippen LogP contribution >= 0.6 is 0 Å². The summed E-state index contributed by atoms with van der Waals surface area (Å²) in [5.41, 5.74) is 8.45. The van der Waals surface area contributed by atoms with Gasteiger partial charge in [-0.25, -0.2) is 0 Å². The quantitative estimate of drug-likeness (QED) is 0.691. The Hall–Kier alpha value is -1.50. The standard InChI is InChI=1S/C18H24N2O/c1-2-18(12-19)9-3-4-15-10-14-11-16(21)7-5-13(14)6-8-17(18)20-15/h1,5,7,11,15,17,20-21H,3-4,6,8-10,12,19H2/t15-,17?,18?/m1/s1. The predicted molar refractivity (Wildman–Crippen MR) is 85.0 cm³/mol. The van der Waals surface area contributed by atoms with Gasteiger partial charge in [-0.05, 0) is 55.4 Å². The number of fused-ring (bicyclic) bond motifs is 3. The molecule has 0 aromatic heterocycles. The molecule has 3 rings (SSSR count). The van der Waals surface area contributed by atoms with E-state index in [0.29, 0.717) is 24.4 Å². The van der Waals surface area contributed by atoms with Gasteiger partial charge in [0.15, 0.2) is 0 Å². The predicted octanol–water partition coefficient (Wildman–Crippen LogP) is 1.97. The Labute approximate surface area is 126 Å². The zero-order valence-electron chi connectivity index (χ0n) is 12.4. The smallest absolute Gasteiger partial charge is 0.115 e. The Balaban J connectivity index is 1.94. The summed E-state index contributed by atoms with van der Waals surface area (Å²) in [4.78, 5) is 0. The number of phenols is 1. The average Bonchev–Trinajstić information content (AvgIpc) is 2.65. The molecule has 2 unspecified atom stereocenters. The van der Waals surface area contributed by atoms with Crippen molar-refractivity contribution >= 4 is 0 Å². The fourth-order valence-electron chi connectivity index (χ4n) is 3.97. The van der Waals surface area contributed by atoms with Crippen LogP contribution < -0.4 is 11.1 Å². The molecule has 0 radical (unpaired) electrons. The van der Waals surface area contributed by atoms with Crippen LogP contribution in [0.1, 0.15) is 36.8 Å². The summed E-state index contributed by atoms with van der Waals surface area (Å²) in [5, 5.41) is 13.5. The molecule has 3 nitrogen and oxygen atoms in total. The van der Waals surface area contributed by atoms with Crippen molar-refractivity contribution in [1.29, 1.82) is 0 Å². The normalized spacial score (nSPS) is 32.2. The molecule has 2 aliphatic rings. The van der Waals surface area contributed by atoms with Crippen LogP contribution in [0.5, 0.6) is 5.75 Å². The van der Waals surface area contributed by atoms with Crippen LogP contribution in [0.4, 0.5) is 0 Å². The third kappa shape index (κ3) is 2.66. The van der Waals surface area contributed by atoms with E-state index >= 15 is 0 Å². The second-order valence-corrected chi connectivity index (χ2v) is 6.51. The first-order valence-electron chi connectivity index (χ1n) is 7.91. The van der Waals surface area contributed by atoms with E-state index in [2.05, 4.69) is 17.3 Å². The molecular formula is C18H24N2O. The average molecular weight is 284 g/mol. The summed E-state index contributed by atoms with van der Waals surface area (Å²) in [7, 11) is 0. The monoisotopic (exact) mass is 284 g/mol. The van der Waals surface area contributed by atoms with Gasteiger partial charge in [-0.15, -0.1) is 6.42 Å². The van der Waals surface area contributed by atoms with Gasteiger partial charge in [0.05, 0.1) is 5.41 Å². The van der Waals surface area contributed by atoms with Crippen molar-refractivity contribution in [3.8, 4) is 18.1 Å². The molecule has 2 heterocycles. The lowest BCUT2D eigenvalue weighted by Gasteiger charge is -2.37. The highest BCUT2D eigenvalue weighted by Crippen LogP contribution is 2.36. The molecule has 1 aromatic rings. The number of hydrogen-bond donors (Lipinski definition) is 3. The van der Waals surface area contributed by atoms with Crippen LogP contribution in [0.2, 0.25) is 0 Å². The lowest BCUT2D eigenvalue weighted by Crippen LogP contribution is -2.51. The molecule has 3 atom stereocenters. The van der Waals surface area contributed by atoms with Crippen LogP contribution in [0.3, 0.4) is 0 Å². The van der Waals surface area contributed by atoms with Crippen LogP contribution in [-0.2, 0) is 12.8 Å². The van der Waals surface area contributed by atoms with E-state index in [4.69, 9.17) is 12.2 Å². The molecule has 112 valence electrons. The Kier molecular flexibility index (Phi) is 3.93. The number of aryl methyl sites for hydroxylation is 1. The molecule has 1 fully saturated rings. The molecule has 0 saturated carbocycles. The van der Waals surface area contributed by atoms with Crippen LogP contribution in [0.25, 0.3) is 0 Å². The lowest BCUT2D eigenvalue weighted by molar-refractivity contribution is 0.250. The minimum Gasteiger partial charge on any atom is -0.508 e. The summed E-state index contributed by atoms with van der Waals surface area (Å²) in [6.07, 6.45) is 12.1. The largest absolute Gasteiger partial charge is 0.508 e. The topological polar surface area (TPSA) is 58.3 Å². The van der Waals surface area contributed by atoms with E-state index in [1.54, 1.807) is 6.07 Å². The van der Waals surface area contributed by atoms with Crippen molar-refractivity contribution in [3.63, 3.8) is 0 Å². The molecule has 1 saturated heterocycles. The number of aromatic hydroxyl groups is 1. The maximum absolute atomic E-state index is 9.73. The second-order valence-electron chi connectivity index (χ2n) is 6.51. The Morgan fingerprint density at radius 2 is 2.24 bits per heavy atom. The fourth-order valence-corrected chi connectivity index (χ4v) is 3.97. The number of benzene rings is 1. The maximum atomic E-state index is 9.73. The molecule has 0 aliphatic carbocycles. The minimum absolute atomic E-state index is 0.205. The highest BCUT2D eigenvalue weighted by molar-refractivity contribution is 5.36. The summed E-state index contributed by atoms with van der Waals surface area (Å²) in [6.45, 7) is 0.552. The second kappa shape index (κ2) is 5.71. The summed E-state index contributed by atoms with van der Waals surface area (Å²) >= 11 is 0. The summed E-state index contributed by atoms with van der Waals surface area (Å²) in [5.74, 6) is 3.38. The third-order valence-corrected chi connectivity index (χ3v) is 5.29. The molecular weight excluding hydrogens is 260 g/mol. The molecule has 4 N–H and O–H groups in total. The Bertz CT molecular complexity index is 563. The Morgan fingerprint density at radius 3 is 3.00 bits per heavy atom. The van der Waals surface area contributed by atoms with Gasteiger partial charge in [0.1, 0.15) is 5.75 Å². The van der Waals surface area contributed by atoms with Gasteiger partial charge >= 0.3 is 0 Å². The zero-order valence-corrected chi connectivity index (χ0v) is 12.4. The van der Waals surface area contributed by atoms with E-state index in [1.807, 2.05) is 6.07 Å². The molecule has 2 aliphatic heterocycles. The molecule has 1 aromatic carbocycles. The van der Waals surface area contributed by atoms with Crippen molar-refractivity contribution < 1.29 is 5.11 Å². The molecule has 0 spiro atoms. The van der Waals surface area contributed by atoms with Gasteiger partial charge in [0.25, 0.3) is 0 Å². The first-order chi connectivity index (χ1) is 10.2. The van der Waals surface area contributed by atoms with Crippen molar-refractivity contribution in [3.05, 3.63) is 29.3 Å². The maximum Gasteiger partial charge on any atom is 0.115 e. The number of nitrogens with one attached hydrogen (secondary N) is 1. The molecule has 3 heteroatoms. The molecule has 0 amide bonds. The van der Waals surface area contributed by atoms with Crippen molar-refractivity contribution in [2.24, 2.45) is 11.1 Å². The molecule has 21 heavy (non-hydrogen) atoms. The Morgan fingerprint density at radius 1 is 1.38 bits per heavy atom. The van der Waals surface area contributed by atoms with Gasteiger partial charge in [0, 0.05) is 18.6 Å². The third-order valence-electron chi connectivity index (χ3n) is 5.29.